The van der Waals surface area contributed by atoms with E-state index < -0.39 is 0 Å². The molecule has 9 heavy (non-hydrogen) atoms. The first-order chi connectivity index (χ1) is 4.24. The second-order valence-electron chi connectivity index (χ2n) is 1.79. The van der Waals surface area contributed by atoms with Gasteiger partial charge in [-0.25, -0.2) is 0 Å². The summed E-state index contributed by atoms with van der Waals surface area (Å²) in [6.07, 6.45) is 1.64. The van der Waals surface area contributed by atoms with Gasteiger partial charge in [-0.3, -0.25) is 9.52 Å². The molecule has 0 saturated carbocycles. The van der Waals surface area contributed by atoms with Gasteiger partial charge in [0.15, 0.2) is 0 Å². The van der Waals surface area contributed by atoms with E-state index in [1.165, 1.54) is 0 Å². The number of amides is 1. The molecule has 0 aromatic heterocycles. The molecule has 1 aliphatic heterocycles. The van der Waals surface area contributed by atoms with E-state index in [-0.39, 0.29) is 16.6 Å². The maximum atomic E-state index is 10.6. The Bertz CT molecular complexity index is 209. The van der Waals surface area contributed by atoms with Crippen LogP contribution in [-0.4, -0.2) is 19.1 Å². The van der Waals surface area contributed by atoms with Crippen LogP contribution >= 0.6 is 10.7 Å². The second kappa shape index (κ2) is 2.39. The second-order valence-corrected chi connectivity index (χ2v) is 3.79. The van der Waals surface area contributed by atoms with Gasteiger partial charge in [0, 0.05) is 6.08 Å². The van der Waals surface area contributed by atoms with E-state index in [4.69, 9.17) is 0 Å². The summed E-state index contributed by atoms with van der Waals surface area (Å²) in [5.41, 5.74) is 0. The summed E-state index contributed by atoms with van der Waals surface area (Å²) in [5, 5.41) is 2.00. The topological polar surface area (TPSA) is 29.1 Å². The predicted octanol–water partition coefficient (Wildman–Crippen LogP) is -0.403. The Morgan fingerprint density at radius 2 is 2.56 bits per heavy atom. The summed E-state index contributed by atoms with van der Waals surface area (Å²) in [4.78, 5) is 11.7. The highest BCUT2D eigenvalue weighted by Crippen LogP contribution is 2.21. The Morgan fingerprint density at radius 3 is 2.78 bits per heavy atom. The lowest BCUT2D eigenvalue weighted by molar-refractivity contribution is -0.114. The van der Waals surface area contributed by atoms with Gasteiger partial charge in [0.25, 0.3) is 5.91 Å². The van der Waals surface area contributed by atoms with Crippen molar-refractivity contribution in [3.05, 3.63) is 10.9 Å². The van der Waals surface area contributed by atoms with E-state index in [9.17, 15) is 4.79 Å². The molecular formula is C5H8BNOS. The van der Waals surface area contributed by atoms with E-state index in [2.05, 4.69) is 4.72 Å². The zero-order chi connectivity index (χ0) is 6.85. The highest BCUT2D eigenvalue weighted by Gasteiger charge is 2.09. The van der Waals surface area contributed by atoms with Crippen molar-refractivity contribution >= 4 is 29.8 Å². The van der Waals surface area contributed by atoms with Crippen LogP contribution in [0.5, 0.6) is 0 Å². The monoisotopic (exact) mass is 141 g/mol. The van der Waals surface area contributed by atoms with Crippen molar-refractivity contribution in [3.8, 4) is 0 Å². The first kappa shape index (κ1) is 6.61. The third-order valence-corrected chi connectivity index (χ3v) is 2.83. The van der Waals surface area contributed by atoms with Crippen molar-refractivity contribution < 1.29 is 4.79 Å². The van der Waals surface area contributed by atoms with Gasteiger partial charge in [0.1, 0.15) is 7.85 Å². The smallest absolute Gasteiger partial charge is 0.253 e. The number of nitrogens with one attached hydrogen (secondary N) is 1. The van der Waals surface area contributed by atoms with Gasteiger partial charge in [0.05, 0.1) is 0 Å². The van der Waals surface area contributed by atoms with Crippen molar-refractivity contribution in [3.63, 3.8) is 0 Å². The number of carbonyl (C=O) groups excluding carboxylic acids is 1. The van der Waals surface area contributed by atoms with Crippen LogP contribution in [0.25, 0.3) is 0 Å². The minimum atomic E-state index is -0.0725. The fraction of sp³-hybridized carbons (Fsp3) is 0.200. The molecule has 1 amide bonds. The lowest BCUT2D eigenvalue weighted by Gasteiger charge is -1.98. The maximum Gasteiger partial charge on any atom is 0.253 e. The summed E-state index contributed by atoms with van der Waals surface area (Å²) < 4.78 is 2.79. The first-order valence-electron chi connectivity index (χ1n) is 2.75. The van der Waals surface area contributed by atoms with Crippen LogP contribution in [0, 0.1) is 0 Å². The molecular weight excluding hydrogens is 133 g/mol. The molecule has 0 aromatic rings. The largest absolute Gasteiger partial charge is 0.300 e. The Morgan fingerprint density at radius 1 is 1.89 bits per heavy atom. The average molecular weight is 141 g/mol. The van der Waals surface area contributed by atoms with Crippen LogP contribution in [0.3, 0.4) is 0 Å². The molecule has 0 fully saturated rings. The molecule has 1 N–H and O–H groups in total. The highest BCUT2D eigenvalue weighted by molar-refractivity contribution is 8.18. The fourth-order valence-corrected chi connectivity index (χ4v) is 1.87. The van der Waals surface area contributed by atoms with E-state index in [1.807, 2.05) is 20.1 Å². The Balaban J connectivity index is 2.89. The Labute approximate surface area is 57.8 Å². The molecule has 0 radical (unpaired) electrons. The molecule has 0 aromatic carbocycles. The zero-order valence-corrected chi connectivity index (χ0v) is 6.29. The van der Waals surface area contributed by atoms with Gasteiger partial charge in [-0.2, -0.15) is 0 Å². The average Bonchev–Trinajstić information content (AvgIpc) is 2.10. The van der Waals surface area contributed by atoms with Crippen molar-refractivity contribution in [2.75, 3.05) is 0 Å². The number of hydrogen-bond donors (Lipinski definition) is 1. The standard InChI is InChI=1S/C5H8BNOS/c1-2-9-4(6)3-5(8)7-9/h2-3H,6H2,1H3,(H,7,8). The third kappa shape index (κ3) is 1.24. The lowest BCUT2D eigenvalue weighted by Crippen LogP contribution is -2.07. The van der Waals surface area contributed by atoms with Crippen molar-refractivity contribution in [1.82, 2.24) is 4.72 Å². The summed E-state index contributed by atoms with van der Waals surface area (Å²) in [7, 11) is 1.89. The molecule has 0 saturated heterocycles. The van der Waals surface area contributed by atoms with Gasteiger partial charge in [-0.1, -0.05) is 10.7 Å². The van der Waals surface area contributed by atoms with Crippen LogP contribution in [0.1, 0.15) is 6.92 Å². The normalized spacial score (nSPS) is 26.1. The molecule has 48 valence electrons. The van der Waals surface area contributed by atoms with Gasteiger partial charge in [0.2, 0.25) is 0 Å². The van der Waals surface area contributed by atoms with Gasteiger partial charge in [-0.05, 0) is 17.1 Å². The third-order valence-electron chi connectivity index (χ3n) is 1.13. The zero-order valence-electron chi connectivity index (χ0n) is 5.47. The van der Waals surface area contributed by atoms with E-state index in [1.54, 1.807) is 6.08 Å². The van der Waals surface area contributed by atoms with Crippen LogP contribution in [0.15, 0.2) is 10.9 Å². The number of carbonyl (C=O) groups is 1. The minimum absolute atomic E-state index is 0.0360. The maximum absolute atomic E-state index is 10.6. The molecule has 0 bridgehead atoms. The van der Waals surface area contributed by atoms with E-state index in [0.717, 1.165) is 4.80 Å². The molecule has 1 aliphatic rings. The Kier molecular flexibility index (Phi) is 1.76. The Hall–Kier alpha value is -0.505. The van der Waals surface area contributed by atoms with Crippen molar-refractivity contribution in [2.45, 2.75) is 6.92 Å². The predicted molar refractivity (Wildman–Crippen MR) is 44.1 cm³/mol. The molecule has 4 heteroatoms. The van der Waals surface area contributed by atoms with E-state index in [0.29, 0.717) is 0 Å². The van der Waals surface area contributed by atoms with Crippen molar-refractivity contribution in [2.24, 2.45) is 0 Å². The molecule has 0 aliphatic carbocycles. The van der Waals surface area contributed by atoms with Crippen LogP contribution in [0.2, 0.25) is 0 Å². The summed E-state index contributed by atoms with van der Waals surface area (Å²) in [6.45, 7) is 1.95. The molecule has 2 nitrogen and oxygen atoms in total. The number of hydrogen-bond acceptors (Lipinski definition) is 1. The van der Waals surface area contributed by atoms with Crippen LogP contribution in [-0.2, 0) is 4.79 Å². The van der Waals surface area contributed by atoms with Gasteiger partial charge in [-0.15, -0.1) is 0 Å². The van der Waals surface area contributed by atoms with Gasteiger partial charge >= 0.3 is 0 Å². The summed E-state index contributed by atoms with van der Waals surface area (Å²) in [6, 6.07) is 0. The van der Waals surface area contributed by atoms with Crippen LogP contribution in [0.4, 0.5) is 0 Å². The first-order valence-corrected chi connectivity index (χ1v) is 4.04. The lowest BCUT2D eigenvalue weighted by atomic mass is 10.1. The molecule has 1 heterocycles. The molecule has 1 atom stereocenters. The van der Waals surface area contributed by atoms with Crippen molar-refractivity contribution in [1.29, 1.82) is 0 Å². The van der Waals surface area contributed by atoms with E-state index >= 15 is 0 Å². The highest BCUT2D eigenvalue weighted by atomic mass is 32.2. The SMILES string of the molecule is BC1=CC(=O)N/S1=C\C. The summed E-state index contributed by atoms with van der Waals surface area (Å²) >= 11 is 0. The fourth-order valence-electron chi connectivity index (χ4n) is 0.711. The van der Waals surface area contributed by atoms with Crippen LogP contribution < -0.4 is 4.72 Å². The molecule has 1 unspecified atom stereocenters. The summed E-state index contributed by atoms with van der Waals surface area (Å²) in [5.74, 6) is 0.0360. The van der Waals surface area contributed by atoms with Gasteiger partial charge < -0.3 is 0 Å². The molecule has 1 rings (SSSR count). The quantitative estimate of drug-likeness (QED) is 0.360. The molecule has 0 spiro atoms. The number of rotatable bonds is 0. The minimum Gasteiger partial charge on any atom is -0.300 e.